The molecule has 1 aliphatic rings. The minimum Gasteiger partial charge on any atom is -0.496 e. The second-order valence-corrected chi connectivity index (χ2v) is 6.46. The van der Waals surface area contributed by atoms with Gasteiger partial charge in [-0.15, -0.1) is 0 Å². The standard InChI is InChI=1S/C18H25FN4O/c1-14-7-8-16(15-5-3-4-6-17(15)24-2)22(11-14)12-18-20-13-21-23(18)10-9-19/h3-6,13-14,16H,7-12H2,1-2H3/t14-,16-/m1/s1. The molecule has 1 fully saturated rings. The first-order valence-electron chi connectivity index (χ1n) is 8.52. The second kappa shape index (κ2) is 7.75. The number of rotatable bonds is 6. The minimum absolute atomic E-state index is 0.262. The predicted molar refractivity (Wildman–Crippen MR) is 90.5 cm³/mol. The van der Waals surface area contributed by atoms with Crippen molar-refractivity contribution in [2.24, 2.45) is 5.92 Å². The summed E-state index contributed by atoms with van der Waals surface area (Å²) in [6.07, 6.45) is 3.78. The van der Waals surface area contributed by atoms with Crippen molar-refractivity contribution >= 4 is 0 Å². The molecular weight excluding hydrogens is 307 g/mol. The summed E-state index contributed by atoms with van der Waals surface area (Å²) < 4.78 is 19.9. The fourth-order valence-corrected chi connectivity index (χ4v) is 3.57. The maximum atomic E-state index is 12.7. The highest BCUT2D eigenvalue weighted by Crippen LogP contribution is 2.38. The second-order valence-electron chi connectivity index (χ2n) is 6.46. The molecule has 2 aromatic rings. The zero-order valence-corrected chi connectivity index (χ0v) is 14.4. The van der Waals surface area contributed by atoms with Crippen LogP contribution in [-0.2, 0) is 13.1 Å². The van der Waals surface area contributed by atoms with E-state index in [1.807, 2.05) is 12.1 Å². The van der Waals surface area contributed by atoms with Crippen LogP contribution in [-0.4, -0.2) is 40.0 Å². The van der Waals surface area contributed by atoms with Gasteiger partial charge in [-0.3, -0.25) is 4.90 Å². The van der Waals surface area contributed by atoms with Gasteiger partial charge in [-0.2, -0.15) is 5.10 Å². The Bertz CT molecular complexity index is 660. The van der Waals surface area contributed by atoms with E-state index in [0.717, 1.165) is 24.5 Å². The van der Waals surface area contributed by atoms with Crippen molar-refractivity contribution in [1.82, 2.24) is 19.7 Å². The van der Waals surface area contributed by atoms with Crippen LogP contribution in [0.4, 0.5) is 4.39 Å². The van der Waals surface area contributed by atoms with Gasteiger partial charge in [0.05, 0.1) is 20.2 Å². The Hall–Kier alpha value is -1.95. The first-order chi connectivity index (χ1) is 11.7. The van der Waals surface area contributed by atoms with E-state index in [2.05, 4.69) is 34.0 Å². The van der Waals surface area contributed by atoms with E-state index in [1.165, 1.54) is 18.3 Å². The van der Waals surface area contributed by atoms with Gasteiger partial charge >= 0.3 is 0 Å². The van der Waals surface area contributed by atoms with Gasteiger partial charge in [-0.05, 0) is 24.8 Å². The molecule has 0 radical (unpaired) electrons. The molecule has 0 amide bonds. The van der Waals surface area contributed by atoms with Gasteiger partial charge in [0.2, 0.25) is 0 Å². The van der Waals surface area contributed by atoms with Gasteiger partial charge in [0.15, 0.2) is 0 Å². The number of hydrogen-bond donors (Lipinski definition) is 0. The molecule has 3 rings (SSSR count). The number of halogens is 1. The van der Waals surface area contributed by atoms with Crippen LogP contribution in [0.25, 0.3) is 0 Å². The van der Waals surface area contributed by atoms with Crippen LogP contribution >= 0.6 is 0 Å². The van der Waals surface area contributed by atoms with E-state index >= 15 is 0 Å². The fraction of sp³-hybridized carbons (Fsp3) is 0.556. The number of aromatic nitrogens is 3. The summed E-state index contributed by atoms with van der Waals surface area (Å²) in [5, 5.41) is 4.14. The summed E-state index contributed by atoms with van der Waals surface area (Å²) in [7, 11) is 1.71. The number of aryl methyl sites for hydroxylation is 1. The van der Waals surface area contributed by atoms with Crippen LogP contribution in [0, 0.1) is 5.92 Å². The van der Waals surface area contributed by atoms with Crippen LogP contribution in [0.2, 0.25) is 0 Å². The van der Waals surface area contributed by atoms with Gasteiger partial charge in [0.25, 0.3) is 0 Å². The molecule has 130 valence electrons. The number of methoxy groups -OCH3 is 1. The van der Waals surface area contributed by atoms with E-state index in [9.17, 15) is 4.39 Å². The van der Waals surface area contributed by atoms with E-state index in [0.29, 0.717) is 12.5 Å². The molecule has 1 saturated heterocycles. The molecule has 1 aliphatic heterocycles. The molecule has 0 aliphatic carbocycles. The quantitative estimate of drug-likeness (QED) is 0.814. The molecule has 5 nitrogen and oxygen atoms in total. The van der Waals surface area contributed by atoms with Crippen molar-refractivity contribution in [1.29, 1.82) is 0 Å². The van der Waals surface area contributed by atoms with Crippen LogP contribution in [0.3, 0.4) is 0 Å². The molecule has 2 heterocycles. The number of ether oxygens (including phenoxy) is 1. The average Bonchev–Trinajstić information content (AvgIpc) is 3.02. The van der Waals surface area contributed by atoms with Crippen LogP contribution in [0.5, 0.6) is 5.75 Å². The lowest BCUT2D eigenvalue weighted by Gasteiger charge is -2.39. The fourth-order valence-electron chi connectivity index (χ4n) is 3.57. The summed E-state index contributed by atoms with van der Waals surface area (Å²) in [4.78, 5) is 6.76. The van der Waals surface area contributed by atoms with Gasteiger partial charge < -0.3 is 4.74 Å². The lowest BCUT2D eigenvalue weighted by molar-refractivity contribution is 0.0993. The third kappa shape index (κ3) is 3.59. The van der Waals surface area contributed by atoms with Crippen molar-refractivity contribution in [2.75, 3.05) is 20.3 Å². The maximum absolute atomic E-state index is 12.7. The first kappa shape index (κ1) is 16.9. The van der Waals surface area contributed by atoms with Gasteiger partial charge in [-0.25, -0.2) is 14.1 Å². The summed E-state index contributed by atoms with van der Waals surface area (Å²) in [6.45, 7) is 3.77. The van der Waals surface area contributed by atoms with Gasteiger partial charge in [0.1, 0.15) is 24.6 Å². The molecule has 0 N–H and O–H groups in total. The topological polar surface area (TPSA) is 43.2 Å². The number of benzene rings is 1. The first-order valence-corrected chi connectivity index (χ1v) is 8.52. The number of likely N-dealkylation sites (tertiary alicyclic amines) is 1. The van der Waals surface area contributed by atoms with Crippen molar-refractivity contribution in [3.05, 3.63) is 42.0 Å². The molecule has 1 aromatic carbocycles. The molecule has 0 unspecified atom stereocenters. The Labute approximate surface area is 142 Å². The van der Waals surface area contributed by atoms with Crippen molar-refractivity contribution in [2.45, 2.75) is 38.9 Å². The van der Waals surface area contributed by atoms with E-state index < -0.39 is 6.67 Å². The lowest BCUT2D eigenvalue weighted by Crippen LogP contribution is -2.37. The van der Waals surface area contributed by atoms with Crippen LogP contribution < -0.4 is 4.74 Å². The molecule has 0 spiro atoms. The van der Waals surface area contributed by atoms with E-state index in [-0.39, 0.29) is 12.6 Å². The normalized spacial score (nSPS) is 21.8. The smallest absolute Gasteiger partial charge is 0.141 e. The Morgan fingerprint density at radius 1 is 1.29 bits per heavy atom. The highest BCUT2D eigenvalue weighted by Gasteiger charge is 2.30. The SMILES string of the molecule is COc1ccccc1[C@H]1CC[C@@H](C)CN1Cc1ncnn1CCF. The highest BCUT2D eigenvalue weighted by molar-refractivity contribution is 5.36. The molecule has 0 bridgehead atoms. The molecule has 0 saturated carbocycles. The third-order valence-corrected chi connectivity index (χ3v) is 4.75. The highest BCUT2D eigenvalue weighted by atomic mass is 19.1. The van der Waals surface area contributed by atoms with E-state index in [1.54, 1.807) is 11.8 Å². The monoisotopic (exact) mass is 332 g/mol. The van der Waals surface area contributed by atoms with Crippen molar-refractivity contribution in [3.63, 3.8) is 0 Å². The summed E-state index contributed by atoms with van der Waals surface area (Å²) in [5.74, 6) is 2.38. The average molecular weight is 332 g/mol. The van der Waals surface area contributed by atoms with Gasteiger partial charge in [-0.1, -0.05) is 25.1 Å². The predicted octanol–water partition coefficient (Wildman–Crippen LogP) is 3.23. The summed E-state index contributed by atoms with van der Waals surface area (Å²) >= 11 is 0. The molecule has 2 atom stereocenters. The number of hydrogen-bond acceptors (Lipinski definition) is 4. The summed E-state index contributed by atoms with van der Waals surface area (Å²) in [5.41, 5.74) is 1.21. The largest absolute Gasteiger partial charge is 0.496 e. The third-order valence-electron chi connectivity index (χ3n) is 4.75. The number of nitrogens with zero attached hydrogens (tertiary/aromatic N) is 4. The van der Waals surface area contributed by atoms with Crippen LogP contribution in [0.15, 0.2) is 30.6 Å². The number of alkyl halides is 1. The summed E-state index contributed by atoms with van der Waals surface area (Å²) in [6, 6.07) is 8.49. The zero-order chi connectivity index (χ0) is 16.9. The number of para-hydroxylation sites is 1. The van der Waals surface area contributed by atoms with Crippen molar-refractivity contribution in [3.8, 4) is 5.75 Å². The maximum Gasteiger partial charge on any atom is 0.141 e. The molecular formula is C18H25FN4O. The molecule has 1 aromatic heterocycles. The molecule has 24 heavy (non-hydrogen) atoms. The Morgan fingerprint density at radius 3 is 2.92 bits per heavy atom. The molecule has 6 heteroatoms. The lowest BCUT2D eigenvalue weighted by atomic mass is 9.89. The Kier molecular flexibility index (Phi) is 5.45. The van der Waals surface area contributed by atoms with E-state index in [4.69, 9.17) is 4.74 Å². The Balaban J connectivity index is 1.85. The number of piperidine rings is 1. The van der Waals surface area contributed by atoms with Crippen LogP contribution in [0.1, 0.15) is 37.2 Å². The minimum atomic E-state index is -0.428. The van der Waals surface area contributed by atoms with Gasteiger partial charge in [0, 0.05) is 18.2 Å². The van der Waals surface area contributed by atoms with Crippen molar-refractivity contribution < 1.29 is 9.13 Å². The zero-order valence-electron chi connectivity index (χ0n) is 14.4. The Morgan fingerprint density at radius 2 is 2.12 bits per heavy atom.